The van der Waals surface area contributed by atoms with Crippen molar-refractivity contribution in [2.45, 2.75) is 40.0 Å². The number of benzene rings is 2. The number of aryl methyl sites for hydroxylation is 2. The smallest absolute Gasteiger partial charge is 0.261 e. The first-order chi connectivity index (χ1) is 14.5. The molecule has 5 nitrogen and oxygen atoms in total. The second-order valence-corrected chi connectivity index (χ2v) is 8.51. The van der Waals surface area contributed by atoms with Gasteiger partial charge in [-0.2, -0.15) is 5.10 Å². The van der Waals surface area contributed by atoms with Crippen LogP contribution in [0.3, 0.4) is 0 Å². The molecule has 0 aliphatic carbocycles. The number of ether oxygens (including phenoxy) is 1. The zero-order chi connectivity index (χ0) is 21.1. The summed E-state index contributed by atoms with van der Waals surface area (Å²) in [5.41, 5.74) is 3.07. The van der Waals surface area contributed by atoms with E-state index >= 15 is 0 Å². The fourth-order valence-corrected chi connectivity index (χ4v) is 4.25. The molecule has 2 aromatic carbocycles. The van der Waals surface area contributed by atoms with Gasteiger partial charge in [0.15, 0.2) is 0 Å². The van der Waals surface area contributed by atoms with Crippen LogP contribution in [-0.2, 0) is 13.2 Å². The van der Waals surface area contributed by atoms with Crippen LogP contribution in [0.4, 0.5) is 0 Å². The van der Waals surface area contributed by atoms with Crippen LogP contribution in [-0.4, -0.2) is 21.7 Å². The Morgan fingerprint density at radius 3 is 2.70 bits per heavy atom. The monoisotopic (exact) mass is 419 g/mol. The van der Waals surface area contributed by atoms with Crippen molar-refractivity contribution < 1.29 is 9.53 Å². The Morgan fingerprint density at radius 2 is 1.93 bits per heavy atom. The maximum atomic E-state index is 12.6. The van der Waals surface area contributed by atoms with Gasteiger partial charge in [-0.15, -0.1) is 11.3 Å². The molecule has 30 heavy (non-hydrogen) atoms. The van der Waals surface area contributed by atoms with Crippen molar-refractivity contribution in [3.05, 3.63) is 81.8 Å². The second-order valence-electron chi connectivity index (χ2n) is 7.60. The molecule has 0 aliphatic heterocycles. The molecular weight excluding hydrogens is 394 g/mol. The minimum Gasteiger partial charge on any atom is -0.489 e. The van der Waals surface area contributed by atoms with Crippen LogP contribution < -0.4 is 10.1 Å². The molecular formula is C24H25N3O2S. The van der Waals surface area contributed by atoms with Crippen LogP contribution in [0.5, 0.6) is 5.75 Å². The molecule has 1 amide bonds. The van der Waals surface area contributed by atoms with Crippen molar-refractivity contribution in [1.29, 1.82) is 0 Å². The van der Waals surface area contributed by atoms with E-state index in [1.165, 1.54) is 16.7 Å². The lowest BCUT2D eigenvalue weighted by Gasteiger charge is -2.14. The zero-order valence-corrected chi connectivity index (χ0v) is 18.2. The number of nitrogens with one attached hydrogen (secondary N) is 1. The van der Waals surface area contributed by atoms with Crippen molar-refractivity contribution in [2.24, 2.45) is 0 Å². The van der Waals surface area contributed by atoms with Gasteiger partial charge in [-0.3, -0.25) is 9.48 Å². The number of fused-ring (bicyclic) bond motifs is 1. The van der Waals surface area contributed by atoms with Crippen LogP contribution >= 0.6 is 11.3 Å². The van der Waals surface area contributed by atoms with Crippen LogP contribution in [0.25, 0.3) is 10.8 Å². The molecule has 4 aromatic rings. The van der Waals surface area contributed by atoms with Gasteiger partial charge in [0.1, 0.15) is 12.4 Å². The second kappa shape index (κ2) is 8.71. The molecule has 6 heteroatoms. The third-order valence-corrected chi connectivity index (χ3v) is 5.91. The highest BCUT2D eigenvalue weighted by atomic mass is 32.1. The van der Waals surface area contributed by atoms with Gasteiger partial charge in [0.2, 0.25) is 0 Å². The minimum absolute atomic E-state index is 0.0186. The van der Waals surface area contributed by atoms with Gasteiger partial charge in [-0.05, 0) is 61.2 Å². The maximum Gasteiger partial charge on any atom is 0.261 e. The Kier molecular flexibility index (Phi) is 5.86. The summed E-state index contributed by atoms with van der Waals surface area (Å²) in [4.78, 5) is 13.3. The molecule has 0 saturated carbocycles. The summed E-state index contributed by atoms with van der Waals surface area (Å²) in [6.45, 7) is 7.07. The maximum absolute atomic E-state index is 12.6. The molecule has 4 rings (SSSR count). The molecule has 0 bridgehead atoms. The molecule has 0 radical (unpaired) electrons. The van der Waals surface area contributed by atoms with E-state index in [0.29, 0.717) is 18.0 Å². The van der Waals surface area contributed by atoms with E-state index in [2.05, 4.69) is 28.6 Å². The summed E-state index contributed by atoms with van der Waals surface area (Å²) >= 11 is 1.44. The van der Waals surface area contributed by atoms with Crippen molar-refractivity contribution >= 4 is 28.0 Å². The highest BCUT2D eigenvalue weighted by molar-refractivity contribution is 7.12. The minimum atomic E-state index is -0.0639. The standard InChI is InChI=1S/C24H25N3O2S/c1-16-10-18(3)27(26-16)13-17(2)25-24(28)23-11-19(15-30-23)14-29-22-9-8-20-6-4-5-7-21(20)12-22/h4-12,15,17H,13-14H2,1-3H3,(H,25,28). The molecule has 0 fully saturated rings. The number of carbonyl (C=O) groups is 1. The summed E-state index contributed by atoms with van der Waals surface area (Å²) in [6, 6.07) is 18.2. The van der Waals surface area contributed by atoms with E-state index in [-0.39, 0.29) is 11.9 Å². The summed E-state index contributed by atoms with van der Waals surface area (Å²) in [7, 11) is 0. The van der Waals surface area contributed by atoms with Crippen molar-refractivity contribution in [2.75, 3.05) is 0 Å². The van der Waals surface area contributed by atoms with E-state index in [9.17, 15) is 4.79 Å². The van der Waals surface area contributed by atoms with Gasteiger partial charge in [0.25, 0.3) is 5.91 Å². The molecule has 0 saturated heterocycles. The van der Waals surface area contributed by atoms with E-state index in [1.807, 2.05) is 67.2 Å². The predicted molar refractivity (Wildman–Crippen MR) is 121 cm³/mol. The molecule has 0 spiro atoms. The Bertz CT molecular complexity index is 1180. The fraction of sp³-hybridized carbons (Fsp3) is 0.250. The Balaban J connectivity index is 1.33. The van der Waals surface area contributed by atoms with Crippen LogP contribution in [0.15, 0.2) is 60.0 Å². The number of hydrogen-bond donors (Lipinski definition) is 1. The number of nitrogens with zero attached hydrogens (tertiary/aromatic N) is 2. The molecule has 2 heterocycles. The number of hydrogen-bond acceptors (Lipinski definition) is 4. The lowest BCUT2D eigenvalue weighted by Crippen LogP contribution is -2.35. The van der Waals surface area contributed by atoms with E-state index in [4.69, 9.17) is 4.74 Å². The summed E-state index contributed by atoms with van der Waals surface area (Å²) in [5.74, 6) is 0.760. The van der Waals surface area contributed by atoms with Crippen molar-refractivity contribution in [3.63, 3.8) is 0 Å². The number of thiophene rings is 1. The Hall–Kier alpha value is -3.12. The van der Waals surface area contributed by atoms with Crippen molar-refractivity contribution in [1.82, 2.24) is 15.1 Å². The topological polar surface area (TPSA) is 56.2 Å². The van der Waals surface area contributed by atoms with E-state index in [0.717, 1.165) is 28.1 Å². The van der Waals surface area contributed by atoms with Crippen molar-refractivity contribution in [3.8, 4) is 5.75 Å². The van der Waals surface area contributed by atoms with Crippen LogP contribution in [0.2, 0.25) is 0 Å². The van der Waals surface area contributed by atoms with Crippen LogP contribution in [0.1, 0.15) is 33.5 Å². The average Bonchev–Trinajstić information content (AvgIpc) is 3.32. The molecule has 154 valence electrons. The summed E-state index contributed by atoms with van der Waals surface area (Å²) in [5, 5.41) is 11.8. The quantitative estimate of drug-likeness (QED) is 0.453. The third-order valence-electron chi connectivity index (χ3n) is 4.93. The molecule has 2 aromatic heterocycles. The predicted octanol–water partition coefficient (Wildman–Crippen LogP) is 5.11. The number of amides is 1. The first-order valence-electron chi connectivity index (χ1n) is 9.99. The molecule has 0 aliphatic rings. The normalized spacial score (nSPS) is 12.1. The van der Waals surface area contributed by atoms with Gasteiger partial charge in [-0.1, -0.05) is 30.3 Å². The Labute approximate surface area is 180 Å². The number of carbonyl (C=O) groups excluding carboxylic acids is 1. The highest BCUT2D eigenvalue weighted by Gasteiger charge is 2.14. The number of aromatic nitrogens is 2. The molecule has 1 N–H and O–H groups in total. The lowest BCUT2D eigenvalue weighted by atomic mass is 10.1. The first-order valence-corrected chi connectivity index (χ1v) is 10.9. The SMILES string of the molecule is Cc1cc(C)n(CC(C)NC(=O)c2cc(COc3ccc4ccccc4c3)cs2)n1. The summed E-state index contributed by atoms with van der Waals surface area (Å²) < 4.78 is 7.86. The van der Waals surface area contributed by atoms with Gasteiger partial charge >= 0.3 is 0 Å². The number of rotatable bonds is 7. The highest BCUT2D eigenvalue weighted by Crippen LogP contribution is 2.22. The summed E-state index contributed by atoms with van der Waals surface area (Å²) in [6.07, 6.45) is 0. The van der Waals surface area contributed by atoms with Gasteiger partial charge in [0.05, 0.1) is 17.1 Å². The fourth-order valence-electron chi connectivity index (χ4n) is 3.45. The van der Waals surface area contributed by atoms with Crippen LogP contribution in [0, 0.1) is 13.8 Å². The lowest BCUT2D eigenvalue weighted by molar-refractivity contribution is 0.0940. The van der Waals surface area contributed by atoms with Gasteiger partial charge < -0.3 is 10.1 Å². The van der Waals surface area contributed by atoms with E-state index < -0.39 is 0 Å². The first kappa shape index (κ1) is 20.2. The Morgan fingerprint density at radius 1 is 1.13 bits per heavy atom. The van der Waals surface area contributed by atoms with Gasteiger partial charge in [0, 0.05) is 17.3 Å². The van der Waals surface area contributed by atoms with E-state index in [1.54, 1.807) is 0 Å². The van der Waals surface area contributed by atoms with Gasteiger partial charge in [-0.25, -0.2) is 0 Å². The third kappa shape index (κ3) is 4.71. The molecule has 1 atom stereocenters. The largest absolute Gasteiger partial charge is 0.489 e. The average molecular weight is 420 g/mol. The molecule has 1 unspecified atom stereocenters. The zero-order valence-electron chi connectivity index (χ0n) is 17.4.